The van der Waals surface area contributed by atoms with E-state index in [1.165, 1.54) is 38.5 Å². The van der Waals surface area contributed by atoms with Crippen molar-refractivity contribution in [2.75, 3.05) is 6.61 Å². The molecule has 0 saturated heterocycles. The van der Waals surface area contributed by atoms with Gasteiger partial charge in [-0.25, -0.2) is 4.79 Å². The van der Waals surface area contributed by atoms with Crippen LogP contribution in [0.5, 0.6) is 5.75 Å². The van der Waals surface area contributed by atoms with E-state index in [2.05, 4.69) is 27.7 Å². The van der Waals surface area contributed by atoms with Crippen LogP contribution in [0.1, 0.15) is 121 Å². The van der Waals surface area contributed by atoms with Gasteiger partial charge in [-0.1, -0.05) is 99.5 Å². The number of carbonyl (C=O) groups excluding carboxylic acids is 1. The van der Waals surface area contributed by atoms with Crippen LogP contribution in [0, 0.1) is 0 Å². The minimum atomic E-state index is -0.419. The van der Waals surface area contributed by atoms with Crippen molar-refractivity contribution in [2.45, 2.75) is 111 Å². The number of rotatable bonds is 10. The number of benzene rings is 1. The Morgan fingerprint density at radius 3 is 1.89 bits per heavy atom. The molecule has 3 nitrogen and oxygen atoms in total. The van der Waals surface area contributed by atoms with Crippen LogP contribution < -0.4 is 0 Å². The predicted molar refractivity (Wildman–Crippen MR) is 118 cm³/mol. The summed E-state index contributed by atoms with van der Waals surface area (Å²) in [5.74, 6) is -0.363. The zero-order valence-electron chi connectivity index (χ0n) is 19.3. The van der Waals surface area contributed by atoms with Crippen molar-refractivity contribution in [1.29, 1.82) is 0 Å². The Labute approximate surface area is 172 Å². The minimum absolute atomic E-state index is 0.0569. The SMILES string of the molecule is CCCCCCCCCCOC(=O)c1cc(C(C)(C)C)cc(C(C)(C)C)c1O. The number of ether oxygens (including phenoxy) is 1. The van der Waals surface area contributed by atoms with Crippen molar-refractivity contribution in [1.82, 2.24) is 0 Å². The maximum Gasteiger partial charge on any atom is 0.341 e. The molecule has 3 heteroatoms. The molecule has 0 aromatic heterocycles. The molecule has 0 aliphatic heterocycles. The Morgan fingerprint density at radius 2 is 1.39 bits per heavy atom. The van der Waals surface area contributed by atoms with Crippen LogP contribution in [0.15, 0.2) is 12.1 Å². The molecule has 0 heterocycles. The zero-order chi connectivity index (χ0) is 21.4. The molecule has 160 valence electrons. The molecule has 1 aromatic carbocycles. The number of esters is 1. The van der Waals surface area contributed by atoms with Crippen molar-refractivity contribution < 1.29 is 14.6 Å². The van der Waals surface area contributed by atoms with E-state index in [1.807, 2.05) is 26.8 Å². The van der Waals surface area contributed by atoms with Crippen molar-refractivity contribution >= 4 is 5.97 Å². The average Bonchev–Trinajstić information content (AvgIpc) is 2.58. The quantitative estimate of drug-likeness (QED) is 0.337. The zero-order valence-corrected chi connectivity index (χ0v) is 19.3. The number of carbonyl (C=O) groups is 1. The summed E-state index contributed by atoms with van der Waals surface area (Å²) in [4.78, 5) is 12.6. The van der Waals surface area contributed by atoms with Gasteiger partial charge in [0.25, 0.3) is 0 Å². The standard InChI is InChI=1S/C25H42O3/c1-8-9-10-11-12-13-14-15-16-28-23(27)20-17-19(24(2,3)4)18-21(22(20)26)25(5,6)7/h17-18,26H,8-16H2,1-7H3. The number of hydrogen-bond acceptors (Lipinski definition) is 3. The van der Waals surface area contributed by atoms with Gasteiger partial charge in [-0.2, -0.15) is 0 Å². The first-order chi connectivity index (χ1) is 13.0. The number of phenolic OH excluding ortho intramolecular Hbond substituents is 1. The third-order valence-corrected chi connectivity index (χ3v) is 5.23. The molecule has 0 saturated carbocycles. The molecule has 0 radical (unpaired) electrons. The van der Waals surface area contributed by atoms with Crippen LogP contribution >= 0.6 is 0 Å². The lowest BCUT2D eigenvalue weighted by Gasteiger charge is -2.27. The summed E-state index contributed by atoms with van der Waals surface area (Å²) in [7, 11) is 0. The smallest absolute Gasteiger partial charge is 0.341 e. The second kappa shape index (κ2) is 10.9. The van der Waals surface area contributed by atoms with Gasteiger partial charge in [-0.05, 0) is 28.9 Å². The van der Waals surface area contributed by atoms with Gasteiger partial charge in [0.05, 0.1) is 6.61 Å². The molecule has 0 amide bonds. The molecule has 0 fully saturated rings. The molecule has 0 aliphatic carbocycles. The van der Waals surface area contributed by atoms with Gasteiger partial charge < -0.3 is 9.84 Å². The molecular weight excluding hydrogens is 348 g/mol. The third kappa shape index (κ3) is 7.85. The highest BCUT2D eigenvalue weighted by molar-refractivity contribution is 5.93. The molecule has 0 atom stereocenters. The largest absolute Gasteiger partial charge is 0.507 e. The van der Waals surface area contributed by atoms with E-state index in [-0.39, 0.29) is 22.1 Å². The van der Waals surface area contributed by atoms with Gasteiger partial charge in [0.15, 0.2) is 0 Å². The first kappa shape index (κ1) is 24.5. The van der Waals surface area contributed by atoms with Crippen LogP contribution in [0.25, 0.3) is 0 Å². The Hall–Kier alpha value is -1.51. The maximum absolute atomic E-state index is 12.6. The third-order valence-electron chi connectivity index (χ3n) is 5.23. The fourth-order valence-corrected chi connectivity index (χ4v) is 3.27. The predicted octanol–water partition coefficient (Wildman–Crippen LogP) is 7.28. The van der Waals surface area contributed by atoms with E-state index in [0.29, 0.717) is 6.61 Å². The fourth-order valence-electron chi connectivity index (χ4n) is 3.27. The number of phenols is 1. The molecule has 0 bridgehead atoms. The Balaban J connectivity index is 2.69. The second-order valence-electron chi connectivity index (χ2n) is 10.0. The van der Waals surface area contributed by atoms with Crippen molar-refractivity contribution in [3.05, 3.63) is 28.8 Å². The topological polar surface area (TPSA) is 46.5 Å². The monoisotopic (exact) mass is 390 g/mol. The summed E-state index contributed by atoms with van der Waals surface area (Å²) in [6.07, 6.45) is 9.65. The van der Waals surface area contributed by atoms with Gasteiger partial charge in [0.1, 0.15) is 11.3 Å². The lowest BCUT2D eigenvalue weighted by molar-refractivity contribution is 0.0494. The average molecular weight is 391 g/mol. The van der Waals surface area contributed by atoms with E-state index < -0.39 is 5.97 Å². The molecular formula is C25H42O3. The summed E-state index contributed by atoms with van der Waals surface area (Å²) < 4.78 is 5.49. The molecule has 0 spiro atoms. The van der Waals surface area contributed by atoms with Crippen LogP contribution in [0.3, 0.4) is 0 Å². The van der Waals surface area contributed by atoms with Gasteiger partial charge in [0, 0.05) is 5.56 Å². The van der Waals surface area contributed by atoms with E-state index in [4.69, 9.17) is 4.74 Å². The van der Waals surface area contributed by atoms with Gasteiger partial charge in [-0.3, -0.25) is 0 Å². The maximum atomic E-state index is 12.6. The summed E-state index contributed by atoms with van der Waals surface area (Å²) >= 11 is 0. The van der Waals surface area contributed by atoms with E-state index in [1.54, 1.807) is 6.07 Å². The summed E-state index contributed by atoms with van der Waals surface area (Å²) in [6.45, 7) is 15.1. The fraction of sp³-hybridized carbons (Fsp3) is 0.720. The molecule has 1 N–H and O–H groups in total. The summed E-state index contributed by atoms with van der Waals surface area (Å²) in [6, 6.07) is 3.81. The molecule has 1 aromatic rings. The normalized spacial score (nSPS) is 12.2. The molecule has 28 heavy (non-hydrogen) atoms. The van der Waals surface area contributed by atoms with E-state index in [9.17, 15) is 9.90 Å². The van der Waals surface area contributed by atoms with Crippen molar-refractivity contribution in [2.24, 2.45) is 0 Å². The number of unbranched alkanes of at least 4 members (excludes halogenated alkanes) is 7. The highest BCUT2D eigenvalue weighted by Crippen LogP contribution is 2.37. The lowest BCUT2D eigenvalue weighted by atomic mass is 9.79. The summed E-state index contributed by atoms with van der Waals surface area (Å²) in [5.41, 5.74) is 1.75. The first-order valence-electron chi connectivity index (χ1n) is 11.0. The highest BCUT2D eigenvalue weighted by Gasteiger charge is 2.27. The Bertz CT molecular complexity index is 618. The van der Waals surface area contributed by atoms with Crippen molar-refractivity contribution in [3.8, 4) is 5.75 Å². The van der Waals surface area contributed by atoms with E-state index >= 15 is 0 Å². The van der Waals surface area contributed by atoms with Gasteiger partial charge >= 0.3 is 5.97 Å². The Kier molecular flexibility index (Phi) is 9.53. The molecule has 0 aliphatic rings. The van der Waals surface area contributed by atoms with Crippen molar-refractivity contribution in [3.63, 3.8) is 0 Å². The van der Waals surface area contributed by atoms with Crippen LogP contribution in [-0.4, -0.2) is 17.7 Å². The minimum Gasteiger partial charge on any atom is -0.507 e. The van der Waals surface area contributed by atoms with E-state index in [0.717, 1.165) is 24.0 Å². The first-order valence-corrected chi connectivity index (χ1v) is 11.0. The molecule has 0 unspecified atom stereocenters. The number of hydrogen-bond donors (Lipinski definition) is 1. The van der Waals surface area contributed by atoms with Crippen LogP contribution in [0.4, 0.5) is 0 Å². The summed E-state index contributed by atoms with van der Waals surface area (Å²) in [5, 5.41) is 10.7. The lowest BCUT2D eigenvalue weighted by Crippen LogP contribution is -2.19. The van der Waals surface area contributed by atoms with Gasteiger partial charge in [0.2, 0.25) is 0 Å². The molecule has 1 rings (SSSR count). The second-order valence-corrected chi connectivity index (χ2v) is 10.0. The Morgan fingerprint density at radius 1 is 0.857 bits per heavy atom. The van der Waals surface area contributed by atoms with Crippen LogP contribution in [-0.2, 0) is 15.6 Å². The number of aromatic hydroxyl groups is 1. The van der Waals surface area contributed by atoms with Gasteiger partial charge in [-0.15, -0.1) is 0 Å². The van der Waals surface area contributed by atoms with Crippen LogP contribution in [0.2, 0.25) is 0 Å². The highest BCUT2D eigenvalue weighted by atomic mass is 16.5.